The van der Waals surface area contributed by atoms with Gasteiger partial charge in [0, 0.05) is 22.2 Å². The van der Waals surface area contributed by atoms with Crippen molar-refractivity contribution in [1.82, 2.24) is 0 Å². The molecule has 1 atom stereocenters. The Balaban J connectivity index is 1.17. The minimum Gasteiger partial charge on any atom is -0.310 e. The van der Waals surface area contributed by atoms with E-state index in [0.29, 0.717) is 0 Å². The van der Waals surface area contributed by atoms with Crippen molar-refractivity contribution < 1.29 is 0 Å². The Kier molecular flexibility index (Phi) is 8.69. The average molecular weight is 802 g/mol. The molecule has 296 valence electrons. The van der Waals surface area contributed by atoms with Crippen molar-refractivity contribution in [3.8, 4) is 44.5 Å². The Morgan fingerprint density at radius 2 is 0.778 bits per heavy atom. The van der Waals surface area contributed by atoms with Crippen LogP contribution in [0.1, 0.15) is 23.6 Å². The average Bonchev–Trinajstić information content (AvgIpc) is 3.62. The van der Waals surface area contributed by atoms with E-state index in [0.717, 1.165) is 17.1 Å². The molecule has 1 heteroatoms. The van der Waals surface area contributed by atoms with Gasteiger partial charge in [-0.2, -0.15) is 0 Å². The van der Waals surface area contributed by atoms with Gasteiger partial charge in [-0.05, 0) is 125 Å². The van der Waals surface area contributed by atoms with Gasteiger partial charge in [-0.1, -0.05) is 212 Å². The fourth-order valence-electron chi connectivity index (χ4n) is 10.6. The van der Waals surface area contributed by atoms with E-state index in [1.54, 1.807) is 0 Å². The molecule has 0 heterocycles. The second-order valence-electron chi connectivity index (χ2n) is 16.9. The Morgan fingerprint density at radius 3 is 1.48 bits per heavy atom. The topological polar surface area (TPSA) is 3.24 Å². The van der Waals surface area contributed by atoms with Crippen molar-refractivity contribution in [2.45, 2.75) is 12.3 Å². The maximum absolute atomic E-state index is 2.51. The standard InChI is InChI=1S/C62H43N/c1-62(45-26-12-5-13-27-45)57-33-19-18-30-52(57)53-37-35-47(41-58(53)62)63(59-39-38-48(42-20-6-2-7-21-42)49-28-14-16-31-54(49)59)46-34-36-51-50-29-15-17-32-55(50)60(43-22-8-3-9-23-43)61(56(51)40-46)44-24-10-4-11-25-44/h2-41H,1H3. The summed E-state index contributed by atoms with van der Waals surface area (Å²) in [7, 11) is 0. The van der Waals surface area contributed by atoms with E-state index >= 15 is 0 Å². The van der Waals surface area contributed by atoms with Gasteiger partial charge in [-0.25, -0.2) is 0 Å². The first-order chi connectivity index (χ1) is 31.2. The van der Waals surface area contributed by atoms with Gasteiger partial charge in [0.1, 0.15) is 0 Å². The molecule has 1 unspecified atom stereocenters. The molecule has 63 heavy (non-hydrogen) atoms. The molecule has 0 N–H and O–H groups in total. The van der Waals surface area contributed by atoms with Crippen molar-refractivity contribution in [1.29, 1.82) is 0 Å². The molecule has 0 saturated heterocycles. The van der Waals surface area contributed by atoms with Crippen LogP contribution in [0.15, 0.2) is 243 Å². The molecule has 11 aromatic carbocycles. The quantitative estimate of drug-likeness (QED) is 0.145. The van der Waals surface area contributed by atoms with Gasteiger partial charge in [0.15, 0.2) is 0 Å². The molecule has 0 spiro atoms. The number of fused-ring (bicyclic) bond motifs is 7. The Hall–Kier alpha value is -8.00. The number of benzene rings is 11. The van der Waals surface area contributed by atoms with E-state index in [2.05, 4.69) is 254 Å². The lowest BCUT2D eigenvalue weighted by Crippen LogP contribution is -2.22. The fourth-order valence-corrected chi connectivity index (χ4v) is 10.6. The fraction of sp³-hybridized carbons (Fsp3) is 0.0323. The lowest BCUT2D eigenvalue weighted by Gasteiger charge is -2.32. The molecule has 0 amide bonds. The molecular weight excluding hydrogens is 759 g/mol. The van der Waals surface area contributed by atoms with Gasteiger partial charge in [0.2, 0.25) is 0 Å². The predicted molar refractivity (Wildman–Crippen MR) is 267 cm³/mol. The van der Waals surface area contributed by atoms with E-state index in [-0.39, 0.29) is 5.41 Å². The third kappa shape index (κ3) is 5.85. The summed E-state index contributed by atoms with van der Waals surface area (Å²) in [6.07, 6.45) is 0. The predicted octanol–water partition coefficient (Wildman–Crippen LogP) is 17.0. The van der Waals surface area contributed by atoms with E-state index in [4.69, 9.17) is 0 Å². The molecule has 0 aliphatic heterocycles. The number of anilines is 3. The van der Waals surface area contributed by atoms with Crippen LogP contribution in [-0.4, -0.2) is 0 Å². The lowest BCUT2D eigenvalue weighted by molar-refractivity contribution is 0.714. The Morgan fingerprint density at radius 1 is 0.302 bits per heavy atom. The zero-order valence-electron chi connectivity index (χ0n) is 35.0. The van der Waals surface area contributed by atoms with Crippen LogP contribution in [0.5, 0.6) is 0 Å². The van der Waals surface area contributed by atoms with Crippen LogP contribution in [-0.2, 0) is 5.41 Å². The summed E-state index contributed by atoms with van der Waals surface area (Å²) in [5, 5.41) is 7.36. The van der Waals surface area contributed by atoms with Gasteiger partial charge < -0.3 is 4.90 Å². The third-order valence-electron chi connectivity index (χ3n) is 13.5. The molecule has 1 aliphatic rings. The number of hydrogen-bond acceptors (Lipinski definition) is 1. The van der Waals surface area contributed by atoms with Gasteiger partial charge in [0.25, 0.3) is 0 Å². The lowest BCUT2D eigenvalue weighted by atomic mass is 9.74. The Labute approximate surface area is 368 Å². The maximum Gasteiger partial charge on any atom is 0.0540 e. The van der Waals surface area contributed by atoms with Crippen LogP contribution in [0, 0.1) is 0 Å². The monoisotopic (exact) mass is 801 g/mol. The summed E-state index contributed by atoms with van der Waals surface area (Å²) in [4.78, 5) is 2.51. The van der Waals surface area contributed by atoms with E-state index in [1.165, 1.54) is 93.5 Å². The van der Waals surface area contributed by atoms with Gasteiger partial charge in [-0.15, -0.1) is 0 Å². The zero-order chi connectivity index (χ0) is 41.9. The molecule has 1 aliphatic carbocycles. The third-order valence-corrected chi connectivity index (χ3v) is 13.5. The molecule has 1 nitrogen and oxygen atoms in total. The van der Waals surface area contributed by atoms with Crippen LogP contribution in [0.3, 0.4) is 0 Å². The normalized spacial score (nSPS) is 14.2. The second kappa shape index (κ2) is 14.9. The molecule has 0 saturated carbocycles. The second-order valence-corrected chi connectivity index (χ2v) is 16.9. The molecule has 0 bridgehead atoms. The SMILES string of the molecule is CC1(c2ccccc2)c2ccccc2-c2ccc(N(c3ccc4c(c3)c(-c3ccccc3)c(-c3ccccc3)c3ccccc34)c3ccc(-c4ccccc4)c4ccccc34)cc21. The maximum atomic E-state index is 2.51. The summed E-state index contributed by atoms with van der Waals surface area (Å²) in [6.45, 7) is 2.41. The van der Waals surface area contributed by atoms with Crippen LogP contribution in [0.4, 0.5) is 17.1 Å². The first-order valence-corrected chi connectivity index (χ1v) is 21.9. The van der Waals surface area contributed by atoms with Crippen LogP contribution < -0.4 is 4.90 Å². The van der Waals surface area contributed by atoms with Crippen LogP contribution in [0.25, 0.3) is 76.8 Å². The smallest absolute Gasteiger partial charge is 0.0540 e. The van der Waals surface area contributed by atoms with Gasteiger partial charge in [0.05, 0.1) is 5.69 Å². The first kappa shape index (κ1) is 36.8. The minimum absolute atomic E-state index is 0.346. The minimum atomic E-state index is -0.346. The molecular formula is C62H43N. The van der Waals surface area contributed by atoms with Gasteiger partial charge in [-0.3, -0.25) is 0 Å². The Bertz CT molecular complexity index is 3500. The molecule has 0 fully saturated rings. The van der Waals surface area contributed by atoms with Crippen molar-refractivity contribution >= 4 is 49.4 Å². The van der Waals surface area contributed by atoms with Crippen molar-refractivity contribution in [3.63, 3.8) is 0 Å². The van der Waals surface area contributed by atoms with E-state index < -0.39 is 0 Å². The van der Waals surface area contributed by atoms with Crippen LogP contribution >= 0.6 is 0 Å². The van der Waals surface area contributed by atoms with Crippen molar-refractivity contribution in [2.24, 2.45) is 0 Å². The van der Waals surface area contributed by atoms with E-state index in [9.17, 15) is 0 Å². The summed E-state index contributed by atoms with van der Waals surface area (Å²) < 4.78 is 0. The highest BCUT2D eigenvalue weighted by atomic mass is 15.1. The van der Waals surface area contributed by atoms with Gasteiger partial charge >= 0.3 is 0 Å². The molecule has 11 aromatic rings. The van der Waals surface area contributed by atoms with Crippen LogP contribution in [0.2, 0.25) is 0 Å². The van der Waals surface area contributed by atoms with E-state index in [1.807, 2.05) is 0 Å². The largest absolute Gasteiger partial charge is 0.310 e. The highest BCUT2D eigenvalue weighted by molar-refractivity contribution is 6.22. The number of nitrogens with zero attached hydrogens (tertiary/aromatic N) is 1. The first-order valence-electron chi connectivity index (χ1n) is 21.9. The zero-order valence-corrected chi connectivity index (χ0v) is 35.0. The summed E-state index contributed by atoms with van der Waals surface area (Å²) in [5.74, 6) is 0. The van der Waals surface area contributed by atoms with Crippen molar-refractivity contribution in [3.05, 3.63) is 259 Å². The highest BCUT2D eigenvalue weighted by Gasteiger charge is 2.41. The summed E-state index contributed by atoms with van der Waals surface area (Å²) >= 11 is 0. The van der Waals surface area contributed by atoms with Crippen molar-refractivity contribution in [2.75, 3.05) is 4.90 Å². The molecule has 12 rings (SSSR count). The molecule has 0 radical (unpaired) electrons. The molecule has 0 aromatic heterocycles. The summed E-state index contributed by atoms with van der Waals surface area (Å²) in [5.41, 5.74) is 16.8. The summed E-state index contributed by atoms with van der Waals surface area (Å²) in [6, 6.07) is 89.5. The highest BCUT2D eigenvalue weighted by Crippen LogP contribution is 2.55. The number of hydrogen-bond donors (Lipinski definition) is 0. The number of rotatable bonds is 7.